The molecule has 18 heavy (non-hydrogen) atoms. The van der Waals surface area contributed by atoms with E-state index < -0.39 is 0 Å². The van der Waals surface area contributed by atoms with Gasteiger partial charge >= 0.3 is 0 Å². The highest BCUT2D eigenvalue weighted by Gasteiger charge is 2.38. The van der Waals surface area contributed by atoms with Gasteiger partial charge in [0.25, 0.3) is 5.56 Å². The number of hydrogen-bond acceptors (Lipinski definition) is 2. The fourth-order valence-electron chi connectivity index (χ4n) is 3.72. The molecule has 3 rings (SSSR count). The van der Waals surface area contributed by atoms with E-state index >= 15 is 0 Å². The van der Waals surface area contributed by atoms with Gasteiger partial charge in [-0.05, 0) is 31.9 Å². The first-order valence-corrected chi connectivity index (χ1v) is 6.71. The van der Waals surface area contributed by atoms with Crippen molar-refractivity contribution in [2.75, 3.05) is 13.6 Å². The molecule has 0 amide bonds. The minimum Gasteiger partial charge on any atom is -0.312 e. The predicted molar refractivity (Wildman–Crippen MR) is 72.8 cm³/mol. The average molecular weight is 244 g/mol. The van der Waals surface area contributed by atoms with E-state index in [4.69, 9.17) is 0 Å². The first kappa shape index (κ1) is 11.7. The summed E-state index contributed by atoms with van der Waals surface area (Å²) in [5, 5.41) is 0. The molecule has 2 bridgehead atoms. The Morgan fingerprint density at radius 1 is 1.44 bits per heavy atom. The third kappa shape index (κ3) is 1.74. The molecule has 0 aromatic carbocycles. The number of piperidine rings is 1. The van der Waals surface area contributed by atoms with Gasteiger partial charge in [-0.25, -0.2) is 0 Å². The number of nitrogens with zero attached hydrogens (tertiary/aromatic N) is 2. The first-order valence-electron chi connectivity index (χ1n) is 6.71. The zero-order chi connectivity index (χ0) is 12.7. The fourth-order valence-corrected chi connectivity index (χ4v) is 3.72. The van der Waals surface area contributed by atoms with Crippen molar-refractivity contribution in [1.82, 2.24) is 9.47 Å². The molecule has 3 heteroatoms. The second-order valence-electron chi connectivity index (χ2n) is 5.62. The Bertz CT molecular complexity index is 519. The van der Waals surface area contributed by atoms with Crippen LogP contribution in [0.4, 0.5) is 0 Å². The zero-order valence-electron chi connectivity index (χ0n) is 10.9. The van der Waals surface area contributed by atoms with Crippen molar-refractivity contribution >= 4 is 0 Å². The largest absolute Gasteiger partial charge is 0.312 e. The number of pyridine rings is 1. The Labute approximate surface area is 108 Å². The summed E-state index contributed by atoms with van der Waals surface area (Å²) in [6, 6.07) is 6.23. The van der Waals surface area contributed by atoms with Crippen LogP contribution in [0.2, 0.25) is 0 Å². The van der Waals surface area contributed by atoms with Crippen LogP contribution in [0.25, 0.3) is 0 Å². The standard InChI is InChI=1S/C15H20N2O/c1-3-5-13-12-8-11(9-16(13)2)14-6-4-7-15(18)17(14)10-12/h3-4,6-7,11-13H,1,5,8-10H2,2H3/t11-,12+,13+/m0/s1. The van der Waals surface area contributed by atoms with Gasteiger partial charge < -0.3 is 9.47 Å². The molecule has 0 unspecified atom stereocenters. The Morgan fingerprint density at radius 2 is 2.28 bits per heavy atom. The van der Waals surface area contributed by atoms with E-state index in [0.29, 0.717) is 17.9 Å². The van der Waals surface area contributed by atoms with Crippen molar-refractivity contribution in [3.8, 4) is 0 Å². The van der Waals surface area contributed by atoms with Gasteiger partial charge in [-0.3, -0.25) is 4.79 Å². The maximum atomic E-state index is 12.0. The van der Waals surface area contributed by atoms with E-state index in [1.165, 1.54) is 12.1 Å². The third-order valence-corrected chi connectivity index (χ3v) is 4.53. The van der Waals surface area contributed by atoms with Gasteiger partial charge in [-0.2, -0.15) is 0 Å². The summed E-state index contributed by atoms with van der Waals surface area (Å²) < 4.78 is 1.99. The summed E-state index contributed by atoms with van der Waals surface area (Å²) >= 11 is 0. The predicted octanol–water partition coefficient (Wildman–Crippen LogP) is 1.84. The van der Waals surface area contributed by atoms with Crippen LogP contribution in [-0.2, 0) is 6.54 Å². The van der Waals surface area contributed by atoms with Crippen LogP contribution in [0.3, 0.4) is 0 Å². The zero-order valence-corrected chi connectivity index (χ0v) is 10.9. The number of rotatable bonds is 2. The van der Waals surface area contributed by atoms with Gasteiger partial charge in [-0.15, -0.1) is 6.58 Å². The van der Waals surface area contributed by atoms with Gasteiger partial charge in [0.2, 0.25) is 0 Å². The highest BCUT2D eigenvalue weighted by atomic mass is 16.1. The second-order valence-corrected chi connectivity index (χ2v) is 5.62. The lowest BCUT2D eigenvalue weighted by Gasteiger charge is -2.47. The maximum absolute atomic E-state index is 12.0. The molecule has 1 aromatic rings. The Morgan fingerprint density at radius 3 is 3.06 bits per heavy atom. The smallest absolute Gasteiger partial charge is 0.250 e. The molecule has 0 N–H and O–H groups in total. The summed E-state index contributed by atoms with van der Waals surface area (Å²) in [4.78, 5) is 14.4. The number of fused-ring (bicyclic) bond motifs is 4. The number of aromatic nitrogens is 1. The lowest BCUT2D eigenvalue weighted by atomic mass is 9.77. The Hall–Kier alpha value is -1.35. The normalized spacial score (nSPS) is 30.8. The quantitative estimate of drug-likeness (QED) is 0.742. The van der Waals surface area contributed by atoms with E-state index in [1.54, 1.807) is 6.07 Å². The molecule has 3 nitrogen and oxygen atoms in total. The average Bonchev–Trinajstić information content (AvgIpc) is 2.35. The molecular formula is C15H20N2O. The minimum atomic E-state index is 0.157. The highest BCUT2D eigenvalue weighted by molar-refractivity contribution is 5.17. The van der Waals surface area contributed by atoms with Crippen LogP contribution in [0.5, 0.6) is 0 Å². The van der Waals surface area contributed by atoms with E-state index in [9.17, 15) is 4.79 Å². The molecule has 2 aliphatic heterocycles. The van der Waals surface area contributed by atoms with Gasteiger partial charge in [0.1, 0.15) is 0 Å². The molecule has 0 saturated carbocycles. The van der Waals surface area contributed by atoms with Crippen molar-refractivity contribution in [2.24, 2.45) is 5.92 Å². The van der Waals surface area contributed by atoms with Gasteiger partial charge in [0, 0.05) is 36.8 Å². The molecule has 2 aliphatic rings. The summed E-state index contributed by atoms with van der Waals surface area (Å²) in [5.41, 5.74) is 1.38. The van der Waals surface area contributed by atoms with E-state index in [1.807, 2.05) is 16.7 Å². The van der Waals surface area contributed by atoms with Gasteiger partial charge in [-0.1, -0.05) is 12.1 Å². The SMILES string of the molecule is C=CC[C@@H]1[C@@H]2C[C@@H](CN1C)c1cccc(=O)n1C2. The molecule has 1 aromatic heterocycles. The summed E-state index contributed by atoms with van der Waals surface area (Å²) in [7, 11) is 2.20. The molecule has 0 aliphatic carbocycles. The first-order chi connectivity index (χ1) is 8.70. The monoisotopic (exact) mass is 244 g/mol. The molecular weight excluding hydrogens is 224 g/mol. The lowest BCUT2D eigenvalue weighted by Crippen LogP contribution is -2.51. The van der Waals surface area contributed by atoms with Crippen LogP contribution in [0, 0.1) is 5.92 Å². The van der Waals surface area contributed by atoms with E-state index in [2.05, 4.69) is 24.6 Å². The van der Waals surface area contributed by atoms with E-state index in [-0.39, 0.29) is 5.56 Å². The molecule has 1 saturated heterocycles. The van der Waals surface area contributed by atoms with Crippen molar-refractivity contribution < 1.29 is 0 Å². The van der Waals surface area contributed by atoms with Crippen molar-refractivity contribution in [1.29, 1.82) is 0 Å². The highest BCUT2D eigenvalue weighted by Crippen LogP contribution is 2.38. The minimum absolute atomic E-state index is 0.157. The second kappa shape index (κ2) is 4.39. The van der Waals surface area contributed by atoms with Gasteiger partial charge in [0.05, 0.1) is 0 Å². The number of likely N-dealkylation sites (tertiary alicyclic amines) is 1. The summed E-state index contributed by atoms with van der Waals surface area (Å²) in [6.07, 6.45) is 4.24. The summed E-state index contributed by atoms with van der Waals surface area (Å²) in [5.74, 6) is 1.10. The fraction of sp³-hybridized carbons (Fsp3) is 0.533. The molecule has 0 radical (unpaired) electrons. The van der Waals surface area contributed by atoms with Crippen LogP contribution >= 0.6 is 0 Å². The van der Waals surface area contributed by atoms with Crippen LogP contribution in [-0.4, -0.2) is 29.1 Å². The van der Waals surface area contributed by atoms with Crippen molar-refractivity contribution in [3.63, 3.8) is 0 Å². The number of likely N-dealkylation sites (N-methyl/N-ethyl adjacent to an activating group) is 1. The molecule has 1 fully saturated rings. The van der Waals surface area contributed by atoms with Crippen molar-refractivity contribution in [3.05, 3.63) is 46.9 Å². The van der Waals surface area contributed by atoms with Crippen LogP contribution in [0.1, 0.15) is 24.5 Å². The summed E-state index contributed by atoms with van der Waals surface area (Å²) in [6.45, 7) is 5.79. The molecule has 3 heterocycles. The Kier molecular flexibility index (Phi) is 2.86. The van der Waals surface area contributed by atoms with Crippen LogP contribution in [0.15, 0.2) is 35.6 Å². The van der Waals surface area contributed by atoms with E-state index in [0.717, 1.165) is 19.5 Å². The number of hydrogen-bond donors (Lipinski definition) is 0. The molecule has 0 spiro atoms. The maximum Gasteiger partial charge on any atom is 0.250 e. The van der Waals surface area contributed by atoms with Crippen molar-refractivity contribution in [2.45, 2.75) is 31.3 Å². The van der Waals surface area contributed by atoms with Gasteiger partial charge in [0.15, 0.2) is 0 Å². The molecule has 96 valence electrons. The Balaban J connectivity index is 2.00. The van der Waals surface area contributed by atoms with Crippen LogP contribution < -0.4 is 5.56 Å². The lowest BCUT2D eigenvalue weighted by molar-refractivity contribution is 0.0739. The molecule has 3 atom stereocenters. The topological polar surface area (TPSA) is 25.2 Å². The third-order valence-electron chi connectivity index (χ3n) is 4.53.